The minimum Gasteiger partial charge on any atom is -0.266 e. The van der Waals surface area contributed by atoms with Gasteiger partial charge in [0.1, 0.15) is 10.7 Å². The Kier molecular flexibility index (Phi) is 5.18. The SMILES string of the molecule is Cc1ccc(-n2cc(C(=O)NS(=O)(=O)c3cc(Cl)ccc3F)nn2)c(Cl)c1. The van der Waals surface area contributed by atoms with Gasteiger partial charge in [-0.2, -0.15) is 0 Å². The Morgan fingerprint density at radius 1 is 1.19 bits per heavy atom. The average Bonchev–Trinajstić information content (AvgIpc) is 3.06. The molecule has 2 aromatic carbocycles. The molecular weight excluding hydrogens is 418 g/mol. The molecular formula is C16H11Cl2FN4O3S. The summed E-state index contributed by atoms with van der Waals surface area (Å²) >= 11 is 11.8. The van der Waals surface area contributed by atoms with Gasteiger partial charge in [0, 0.05) is 5.02 Å². The first-order valence-electron chi connectivity index (χ1n) is 7.38. The van der Waals surface area contributed by atoms with E-state index >= 15 is 0 Å². The monoisotopic (exact) mass is 428 g/mol. The molecule has 0 saturated heterocycles. The van der Waals surface area contributed by atoms with Gasteiger partial charge in [-0.25, -0.2) is 22.2 Å². The molecule has 7 nitrogen and oxygen atoms in total. The highest BCUT2D eigenvalue weighted by Crippen LogP contribution is 2.22. The standard InChI is InChI=1S/C16H11Cl2FN4O3S/c1-9-2-5-14(11(18)6-9)23-8-13(20-22-23)16(24)21-27(25,26)15-7-10(17)3-4-12(15)19/h2-8H,1H3,(H,21,24). The molecule has 1 amide bonds. The summed E-state index contributed by atoms with van der Waals surface area (Å²) in [5.74, 6) is -2.13. The van der Waals surface area contributed by atoms with Crippen LogP contribution in [0.1, 0.15) is 16.1 Å². The first-order valence-corrected chi connectivity index (χ1v) is 9.62. The predicted molar refractivity (Wildman–Crippen MR) is 97.2 cm³/mol. The lowest BCUT2D eigenvalue weighted by atomic mass is 10.2. The smallest absolute Gasteiger partial charge is 0.266 e. The van der Waals surface area contributed by atoms with Gasteiger partial charge in [0.15, 0.2) is 5.69 Å². The van der Waals surface area contributed by atoms with Crippen molar-refractivity contribution in [3.05, 3.63) is 69.7 Å². The van der Waals surface area contributed by atoms with Crippen molar-refractivity contribution in [3.63, 3.8) is 0 Å². The number of amides is 1. The maximum absolute atomic E-state index is 13.8. The molecule has 11 heteroatoms. The van der Waals surface area contributed by atoms with Crippen molar-refractivity contribution in [1.29, 1.82) is 0 Å². The zero-order chi connectivity index (χ0) is 19.8. The first-order chi connectivity index (χ1) is 12.7. The molecule has 1 aromatic heterocycles. The molecule has 3 aromatic rings. The van der Waals surface area contributed by atoms with Crippen LogP contribution in [-0.4, -0.2) is 29.3 Å². The number of hydrogen-bond acceptors (Lipinski definition) is 5. The van der Waals surface area contributed by atoms with Crippen molar-refractivity contribution >= 4 is 39.1 Å². The third-order valence-corrected chi connectivity index (χ3v) is 5.37. The van der Waals surface area contributed by atoms with Crippen LogP contribution in [0.5, 0.6) is 0 Å². The predicted octanol–water partition coefficient (Wildman–Crippen LogP) is 3.14. The van der Waals surface area contributed by atoms with Crippen molar-refractivity contribution < 1.29 is 17.6 Å². The van der Waals surface area contributed by atoms with Crippen LogP contribution < -0.4 is 4.72 Å². The fourth-order valence-electron chi connectivity index (χ4n) is 2.20. The van der Waals surface area contributed by atoms with Crippen molar-refractivity contribution in [2.24, 2.45) is 0 Å². The molecule has 0 spiro atoms. The molecule has 27 heavy (non-hydrogen) atoms. The molecule has 1 heterocycles. The molecule has 0 aliphatic carbocycles. The van der Waals surface area contributed by atoms with Gasteiger partial charge in [-0.15, -0.1) is 5.10 Å². The van der Waals surface area contributed by atoms with Gasteiger partial charge < -0.3 is 0 Å². The van der Waals surface area contributed by atoms with Crippen molar-refractivity contribution in [2.45, 2.75) is 11.8 Å². The molecule has 1 N–H and O–H groups in total. The third kappa shape index (κ3) is 4.10. The highest BCUT2D eigenvalue weighted by molar-refractivity contribution is 7.90. The molecule has 0 aliphatic heterocycles. The molecule has 0 aliphatic rings. The fraction of sp³-hybridized carbons (Fsp3) is 0.0625. The molecule has 0 bridgehead atoms. The zero-order valence-corrected chi connectivity index (χ0v) is 16.0. The van der Waals surface area contributed by atoms with Crippen LogP contribution in [0.25, 0.3) is 5.69 Å². The van der Waals surface area contributed by atoms with E-state index in [1.54, 1.807) is 22.9 Å². The molecule has 0 unspecified atom stereocenters. The Bertz CT molecular complexity index is 1150. The van der Waals surface area contributed by atoms with Crippen LogP contribution in [0.4, 0.5) is 4.39 Å². The number of nitrogens with one attached hydrogen (secondary N) is 1. The summed E-state index contributed by atoms with van der Waals surface area (Å²) in [6.45, 7) is 1.86. The normalized spacial score (nSPS) is 11.4. The van der Waals surface area contributed by atoms with Crippen LogP contribution in [0.2, 0.25) is 10.0 Å². The highest BCUT2D eigenvalue weighted by atomic mass is 35.5. The van der Waals surface area contributed by atoms with E-state index < -0.39 is 26.6 Å². The Morgan fingerprint density at radius 3 is 2.63 bits per heavy atom. The van der Waals surface area contributed by atoms with Crippen LogP contribution in [0.3, 0.4) is 0 Å². The lowest BCUT2D eigenvalue weighted by Crippen LogP contribution is -2.31. The lowest BCUT2D eigenvalue weighted by Gasteiger charge is -2.07. The Hall–Kier alpha value is -2.49. The summed E-state index contributed by atoms with van der Waals surface area (Å²) in [6.07, 6.45) is 1.20. The molecule has 0 radical (unpaired) electrons. The first kappa shape index (κ1) is 19.3. The van der Waals surface area contributed by atoms with Crippen LogP contribution in [-0.2, 0) is 10.0 Å². The number of aryl methyl sites for hydroxylation is 1. The second-order valence-electron chi connectivity index (χ2n) is 5.51. The quantitative estimate of drug-likeness (QED) is 0.688. The van der Waals surface area contributed by atoms with Gasteiger partial charge in [0.25, 0.3) is 15.9 Å². The minimum atomic E-state index is -4.49. The van der Waals surface area contributed by atoms with E-state index in [1.165, 1.54) is 16.9 Å². The number of aromatic nitrogens is 3. The third-order valence-electron chi connectivity index (χ3n) is 3.49. The fourth-order valence-corrected chi connectivity index (χ4v) is 3.82. The van der Waals surface area contributed by atoms with Gasteiger partial charge in [0.2, 0.25) is 0 Å². The summed E-state index contributed by atoms with van der Waals surface area (Å²) in [5, 5.41) is 7.78. The summed E-state index contributed by atoms with van der Waals surface area (Å²) in [4.78, 5) is 11.5. The number of benzene rings is 2. The summed E-state index contributed by atoms with van der Waals surface area (Å²) in [7, 11) is -4.49. The van der Waals surface area contributed by atoms with Crippen LogP contribution in [0.15, 0.2) is 47.5 Å². The van der Waals surface area contributed by atoms with Crippen molar-refractivity contribution in [3.8, 4) is 5.69 Å². The lowest BCUT2D eigenvalue weighted by molar-refractivity contribution is 0.0976. The summed E-state index contributed by atoms with van der Waals surface area (Å²) < 4.78 is 41.2. The minimum absolute atomic E-state index is 0.00387. The maximum Gasteiger partial charge on any atom is 0.287 e. The number of sulfonamides is 1. The number of hydrogen-bond donors (Lipinski definition) is 1. The van der Waals surface area contributed by atoms with Gasteiger partial charge in [-0.3, -0.25) is 4.79 Å². The molecule has 0 saturated carbocycles. The van der Waals surface area contributed by atoms with Crippen molar-refractivity contribution in [2.75, 3.05) is 0 Å². The molecule has 0 atom stereocenters. The van der Waals surface area contributed by atoms with E-state index in [0.29, 0.717) is 10.7 Å². The molecule has 140 valence electrons. The molecule has 0 fully saturated rings. The summed E-state index contributed by atoms with van der Waals surface area (Å²) in [5.41, 5.74) is 1.09. The number of carbonyl (C=O) groups is 1. The topological polar surface area (TPSA) is 94.0 Å². The van der Waals surface area contributed by atoms with Crippen molar-refractivity contribution in [1.82, 2.24) is 19.7 Å². The Labute approximate surface area is 163 Å². The van der Waals surface area contributed by atoms with E-state index in [4.69, 9.17) is 23.2 Å². The number of carbonyl (C=O) groups excluding carboxylic acids is 1. The van der Waals surface area contributed by atoms with Crippen LogP contribution in [0, 0.1) is 12.7 Å². The number of nitrogens with zero attached hydrogens (tertiary/aromatic N) is 3. The van der Waals surface area contributed by atoms with E-state index in [1.807, 2.05) is 6.92 Å². The van der Waals surface area contributed by atoms with E-state index in [2.05, 4.69) is 10.3 Å². The second-order valence-corrected chi connectivity index (χ2v) is 8.01. The zero-order valence-electron chi connectivity index (χ0n) is 13.6. The number of halogens is 3. The number of rotatable bonds is 4. The Morgan fingerprint density at radius 2 is 1.93 bits per heavy atom. The van der Waals surface area contributed by atoms with Crippen LogP contribution >= 0.6 is 23.2 Å². The van der Waals surface area contributed by atoms with Gasteiger partial charge in [-0.05, 0) is 42.8 Å². The molecule has 3 rings (SSSR count). The van der Waals surface area contributed by atoms with Gasteiger partial charge >= 0.3 is 0 Å². The average molecular weight is 429 g/mol. The second kappa shape index (κ2) is 7.26. The van der Waals surface area contributed by atoms with Gasteiger partial charge in [-0.1, -0.05) is 34.5 Å². The van der Waals surface area contributed by atoms with Gasteiger partial charge in [0.05, 0.1) is 16.9 Å². The Balaban J connectivity index is 1.87. The maximum atomic E-state index is 13.8. The summed E-state index contributed by atoms with van der Waals surface area (Å²) in [6, 6.07) is 8.13. The van der Waals surface area contributed by atoms with E-state index in [0.717, 1.165) is 17.7 Å². The van der Waals surface area contributed by atoms with E-state index in [-0.39, 0.29) is 10.7 Å². The largest absolute Gasteiger partial charge is 0.287 e. The highest BCUT2D eigenvalue weighted by Gasteiger charge is 2.24. The van der Waals surface area contributed by atoms with E-state index in [9.17, 15) is 17.6 Å².